The minimum Gasteiger partial charge on any atom is -0.393 e. The van der Waals surface area contributed by atoms with Gasteiger partial charge in [-0.2, -0.15) is 0 Å². The van der Waals surface area contributed by atoms with Gasteiger partial charge < -0.3 is 15.5 Å². The monoisotopic (exact) mass is 197 g/mol. The van der Waals surface area contributed by atoms with Gasteiger partial charge in [0.05, 0.1) is 17.9 Å². The van der Waals surface area contributed by atoms with E-state index in [0.29, 0.717) is 13.1 Å². The highest BCUT2D eigenvalue weighted by molar-refractivity contribution is 4.94. The SMILES string of the molecule is CC(O)(CO)CNCc1cnccn1. The molecule has 1 rings (SSSR count). The van der Waals surface area contributed by atoms with E-state index in [4.69, 9.17) is 5.11 Å². The summed E-state index contributed by atoms with van der Waals surface area (Å²) in [6.45, 7) is 2.15. The summed E-state index contributed by atoms with van der Waals surface area (Å²) in [4.78, 5) is 7.96. The van der Waals surface area contributed by atoms with Gasteiger partial charge in [0, 0.05) is 31.7 Å². The van der Waals surface area contributed by atoms with Crippen LogP contribution in [0.2, 0.25) is 0 Å². The molecule has 3 N–H and O–H groups in total. The first-order chi connectivity index (χ1) is 6.64. The second-order valence-corrected chi connectivity index (χ2v) is 3.46. The third kappa shape index (κ3) is 3.78. The first kappa shape index (κ1) is 11.0. The number of nitrogens with one attached hydrogen (secondary N) is 1. The van der Waals surface area contributed by atoms with Crippen LogP contribution >= 0.6 is 0 Å². The van der Waals surface area contributed by atoms with Gasteiger partial charge in [0.2, 0.25) is 0 Å². The van der Waals surface area contributed by atoms with E-state index in [1.165, 1.54) is 0 Å². The third-order valence-corrected chi connectivity index (χ3v) is 1.77. The largest absolute Gasteiger partial charge is 0.393 e. The lowest BCUT2D eigenvalue weighted by Gasteiger charge is -2.20. The number of hydrogen-bond donors (Lipinski definition) is 3. The number of aliphatic hydroxyl groups is 2. The molecule has 0 radical (unpaired) electrons. The van der Waals surface area contributed by atoms with E-state index in [1.54, 1.807) is 25.5 Å². The quantitative estimate of drug-likeness (QED) is 0.582. The van der Waals surface area contributed by atoms with Crippen molar-refractivity contribution in [3.05, 3.63) is 24.3 Å². The summed E-state index contributed by atoms with van der Waals surface area (Å²) < 4.78 is 0. The Hall–Kier alpha value is -1.04. The molecule has 0 aliphatic heterocycles. The molecule has 1 aromatic heterocycles. The Morgan fingerprint density at radius 3 is 2.86 bits per heavy atom. The molecule has 0 saturated carbocycles. The van der Waals surface area contributed by atoms with Gasteiger partial charge in [-0.1, -0.05) is 0 Å². The lowest BCUT2D eigenvalue weighted by molar-refractivity contribution is 0.00248. The summed E-state index contributed by atoms with van der Waals surface area (Å²) >= 11 is 0. The number of rotatable bonds is 5. The van der Waals surface area contributed by atoms with Gasteiger partial charge in [-0.05, 0) is 6.92 Å². The van der Waals surface area contributed by atoms with Crippen molar-refractivity contribution in [1.82, 2.24) is 15.3 Å². The lowest BCUT2D eigenvalue weighted by Crippen LogP contribution is -2.40. The van der Waals surface area contributed by atoms with Crippen LogP contribution in [0.15, 0.2) is 18.6 Å². The normalized spacial score (nSPS) is 15.1. The van der Waals surface area contributed by atoms with Crippen molar-refractivity contribution in [1.29, 1.82) is 0 Å². The van der Waals surface area contributed by atoms with Crippen molar-refractivity contribution in [3.8, 4) is 0 Å². The Morgan fingerprint density at radius 1 is 1.50 bits per heavy atom. The van der Waals surface area contributed by atoms with Gasteiger partial charge in [0.15, 0.2) is 0 Å². The van der Waals surface area contributed by atoms with Crippen LogP contribution in [0, 0.1) is 0 Å². The predicted octanol–water partition coefficient (Wildman–Crippen LogP) is -0.691. The molecule has 14 heavy (non-hydrogen) atoms. The second kappa shape index (κ2) is 4.99. The molecular formula is C9H15N3O2. The van der Waals surface area contributed by atoms with Gasteiger partial charge in [-0.3, -0.25) is 9.97 Å². The van der Waals surface area contributed by atoms with Gasteiger partial charge in [-0.25, -0.2) is 0 Å². The fraction of sp³-hybridized carbons (Fsp3) is 0.556. The molecule has 0 saturated heterocycles. The minimum atomic E-state index is -1.08. The highest BCUT2D eigenvalue weighted by Gasteiger charge is 2.17. The molecule has 5 heteroatoms. The second-order valence-electron chi connectivity index (χ2n) is 3.46. The van der Waals surface area contributed by atoms with E-state index in [2.05, 4.69) is 15.3 Å². The van der Waals surface area contributed by atoms with Crippen LogP contribution in [0.5, 0.6) is 0 Å². The van der Waals surface area contributed by atoms with Gasteiger partial charge >= 0.3 is 0 Å². The van der Waals surface area contributed by atoms with Crippen LogP contribution < -0.4 is 5.32 Å². The molecule has 0 bridgehead atoms. The Labute approximate surface area is 82.8 Å². The molecule has 1 atom stereocenters. The summed E-state index contributed by atoms with van der Waals surface area (Å²) in [7, 11) is 0. The average molecular weight is 197 g/mol. The number of aromatic nitrogens is 2. The molecule has 1 aromatic rings. The zero-order valence-electron chi connectivity index (χ0n) is 8.14. The maximum absolute atomic E-state index is 9.45. The highest BCUT2D eigenvalue weighted by Crippen LogP contribution is 1.99. The predicted molar refractivity (Wildman–Crippen MR) is 51.4 cm³/mol. The smallest absolute Gasteiger partial charge is 0.0972 e. The lowest BCUT2D eigenvalue weighted by atomic mass is 10.1. The summed E-state index contributed by atoms with van der Waals surface area (Å²) in [5, 5.41) is 21.2. The molecule has 0 fully saturated rings. The zero-order chi connectivity index (χ0) is 10.4. The molecule has 0 spiro atoms. The zero-order valence-corrected chi connectivity index (χ0v) is 8.14. The Bertz CT molecular complexity index is 264. The molecule has 0 aliphatic carbocycles. The van der Waals surface area contributed by atoms with Gasteiger partial charge in [-0.15, -0.1) is 0 Å². The molecule has 1 unspecified atom stereocenters. The van der Waals surface area contributed by atoms with Crippen molar-refractivity contribution < 1.29 is 10.2 Å². The number of aliphatic hydroxyl groups excluding tert-OH is 1. The summed E-state index contributed by atoms with van der Waals surface area (Å²) in [5.41, 5.74) is -0.274. The van der Waals surface area contributed by atoms with Crippen LogP contribution in [0.1, 0.15) is 12.6 Å². The summed E-state index contributed by atoms with van der Waals surface area (Å²) in [5.74, 6) is 0. The summed E-state index contributed by atoms with van der Waals surface area (Å²) in [6.07, 6.45) is 4.87. The van der Waals surface area contributed by atoms with Crippen molar-refractivity contribution in [2.24, 2.45) is 0 Å². The Kier molecular flexibility index (Phi) is 3.94. The van der Waals surface area contributed by atoms with E-state index in [0.717, 1.165) is 5.69 Å². The topological polar surface area (TPSA) is 78.3 Å². The maximum Gasteiger partial charge on any atom is 0.0972 e. The molecule has 0 aromatic carbocycles. The molecule has 78 valence electrons. The number of nitrogens with zero attached hydrogens (tertiary/aromatic N) is 2. The minimum absolute atomic E-state index is 0.263. The Balaban J connectivity index is 2.29. The first-order valence-electron chi connectivity index (χ1n) is 4.43. The van der Waals surface area contributed by atoms with Gasteiger partial charge in [0.25, 0.3) is 0 Å². The van der Waals surface area contributed by atoms with Crippen molar-refractivity contribution in [3.63, 3.8) is 0 Å². The van der Waals surface area contributed by atoms with E-state index in [9.17, 15) is 5.11 Å². The Morgan fingerprint density at radius 2 is 2.29 bits per heavy atom. The van der Waals surface area contributed by atoms with Crippen molar-refractivity contribution in [2.75, 3.05) is 13.2 Å². The molecule has 0 aliphatic rings. The first-order valence-corrected chi connectivity index (χ1v) is 4.43. The fourth-order valence-corrected chi connectivity index (χ4v) is 0.937. The molecular weight excluding hydrogens is 182 g/mol. The van der Waals surface area contributed by atoms with Crippen LogP contribution in [-0.2, 0) is 6.54 Å². The fourth-order valence-electron chi connectivity index (χ4n) is 0.937. The van der Waals surface area contributed by atoms with E-state index < -0.39 is 5.60 Å². The van der Waals surface area contributed by atoms with Crippen molar-refractivity contribution >= 4 is 0 Å². The van der Waals surface area contributed by atoms with Crippen LogP contribution in [0.25, 0.3) is 0 Å². The third-order valence-electron chi connectivity index (χ3n) is 1.77. The van der Waals surface area contributed by atoms with E-state index in [1.807, 2.05) is 0 Å². The van der Waals surface area contributed by atoms with E-state index in [-0.39, 0.29) is 6.61 Å². The number of hydrogen-bond acceptors (Lipinski definition) is 5. The van der Waals surface area contributed by atoms with Crippen LogP contribution in [0.3, 0.4) is 0 Å². The van der Waals surface area contributed by atoms with Crippen molar-refractivity contribution in [2.45, 2.75) is 19.1 Å². The van der Waals surface area contributed by atoms with Crippen LogP contribution in [0.4, 0.5) is 0 Å². The molecule has 1 heterocycles. The average Bonchev–Trinajstić information content (AvgIpc) is 2.19. The highest BCUT2D eigenvalue weighted by atomic mass is 16.3. The maximum atomic E-state index is 9.45. The van der Waals surface area contributed by atoms with E-state index >= 15 is 0 Å². The molecule has 5 nitrogen and oxygen atoms in total. The van der Waals surface area contributed by atoms with Crippen LogP contribution in [-0.4, -0.2) is 38.9 Å². The standard InChI is InChI=1S/C9H15N3O2/c1-9(14,7-13)6-11-5-8-4-10-2-3-12-8/h2-4,11,13-14H,5-7H2,1H3. The summed E-state index contributed by atoms with van der Waals surface area (Å²) in [6, 6.07) is 0. The molecule has 0 amide bonds. The van der Waals surface area contributed by atoms with Gasteiger partial charge in [0.1, 0.15) is 0 Å².